The summed E-state index contributed by atoms with van der Waals surface area (Å²) in [4.78, 5) is 24.1. The van der Waals surface area contributed by atoms with E-state index >= 15 is 0 Å². The number of hydrogen-bond acceptors (Lipinski definition) is 4. The van der Waals surface area contributed by atoms with Gasteiger partial charge in [-0.2, -0.15) is 0 Å². The van der Waals surface area contributed by atoms with E-state index in [4.69, 9.17) is 9.16 Å². The number of methoxy groups -OCH3 is 1. The molecule has 2 atom stereocenters. The highest BCUT2D eigenvalue weighted by Gasteiger charge is 2.52. The van der Waals surface area contributed by atoms with Crippen LogP contribution in [0, 0.1) is 0 Å². The Labute approximate surface area is 174 Å². The van der Waals surface area contributed by atoms with Crippen LogP contribution in [0.1, 0.15) is 34.6 Å². The molecule has 0 aliphatic rings. The van der Waals surface area contributed by atoms with Crippen LogP contribution in [-0.4, -0.2) is 39.4 Å². The molecule has 0 aliphatic carbocycles. The molecule has 1 N–H and O–H groups in total. The van der Waals surface area contributed by atoms with E-state index < -0.39 is 26.4 Å². The first kappa shape index (κ1) is 22.8. The smallest absolute Gasteiger partial charge is 0.331 e. The second-order valence-corrected chi connectivity index (χ2v) is 12.4. The Morgan fingerprint density at radius 1 is 0.931 bits per heavy atom. The topological polar surface area (TPSA) is 64.6 Å². The average Bonchev–Trinajstić information content (AvgIpc) is 2.69. The monoisotopic (exact) mass is 413 g/mol. The fraction of sp³-hybridized carbons (Fsp3) is 0.391. The molecule has 0 unspecified atom stereocenters. The third-order valence-electron chi connectivity index (χ3n) is 5.06. The minimum atomic E-state index is -2.84. The predicted molar refractivity (Wildman–Crippen MR) is 118 cm³/mol. The molecule has 0 aromatic heterocycles. The third kappa shape index (κ3) is 4.94. The van der Waals surface area contributed by atoms with Crippen molar-refractivity contribution in [1.29, 1.82) is 0 Å². The molecular weight excluding hydrogens is 382 g/mol. The Morgan fingerprint density at radius 2 is 1.38 bits per heavy atom. The van der Waals surface area contributed by atoms with Crippen LogP contribution in [0.4, 0.5) is 0 Å². The second kappa shape index (κ2) is 9.37. The van der Waals surface area contributed by atoms with Crippen molar-refractivity contribution >= 4 is 30.6 Å². The van der Waals surface area contributed by atoms with Gasteiger partial charge in [-0.15, -0.1) is 0 Å². The molecular formula is C23H31NO4Si. The van der Waals surface area contributed by atoms with Crippen LogP contribution in [0.3, 0.4) is 0 Å². The van der Waals surface area contributed by atoms with E-state index in [1.807, 2.05) is 43.3 Å². The summed E-state index contributed by atoms with van der Waals surface area (Å²) in [5, 5.41) is 4.67. The summed E-state index contributed by atoms with van der Waals surface area (Å²) in [6.07, 6.45) is -0.586. The Balaban J connectivity index is 2.64. The first-order valence-corrected chi connectivity index (χ1v) is 11.7. The van der Waals surface area contributed by atoms with E-state index in [-0.39, 0.29) is 10.9 Å². The Bertz CT molecular complexity index is 778. The van der Waals surface area contributed by atoms with Gasteiger partial charge < -0.3 is 14.5 Å². The maximum Gasteiger partial charge on any atom is 0.331 e. The number of rotatable bonds is 7. The third-order valence-corrected chi connectivity index (χ3v) is 10.2. The Morgan fingerprint density at radius 3 is 1.72 bits per heavy atom. The Hall–Kier alpha value is -2.44. The van der Waals surface area contributed by atoms with Crippen LogP contribution in [0.5, 0.6) is 0 Å². The van der Waals surface area contributed by atoms with E-state index in [2.05, 4.69) is 50.4 Å². The molecule has 0 saturated carbocycles. The van der Waals surface area contributed by atoms with Crippen molar-refractivity contribution in [3.05, 3.63) is 60.7 Å². The molecule has 2 aromatic rings. The highest BCUT2D eigenvalue weighted by molar-refractivity contribution is 6.99. The molecule has 2 rings (SSSR count). The molecule has 0 heterocycles. The normalized spacial score (nSPS) is 14.0. The van der Waals surface area contributed by atoms with Gasteiger partial charge in [0, 0.05) is 6.92 Å². The predicted octanol–water partition coefficient (Wildman–Crippen LogP) is 2.63. The minimum absolute atomic E-state index is 0.235. The number of nitrogens with one attached hydrogen (secondary N) is 1. The zero-order valence-electron chi connectivity index (χ0n) is 18.1. The zero-order chi connectivity index (χ0) is 21.7. The van der Waals surface area contributed by atoms with Crippen molar-refractivity contribution in [2.75, 3.05) is 7.11 Å². The Kier molecular flexibility index (Phi) is 7.38. The summed E-state index contributed by atoms with van der Waals surface area (Å²) in [5.74, 6) is -0.830. The number of hydrogen-bond donors (Lipinski definition) is 1. The van der Waals surface area contributed by atoms with Crippen molar-refractivity contribution in [3.8, 4) is 0 Å². The highest BCUT2D eigenvalue weighted by Crippen LogP contribution is 2.37. The average molecular weight is 414 g/mol. The maximum atomic E-state index is 12.4. The van der Waals surface area contributed by atoms with Crippen molar-refractivity contribution < 1.29 is 18.8 Å². The summed E-state index contributed by atoms with van der Waals surface area (Å²) in [6, 6.07) is 19.4. The van der Waals surface area contributed by atoms with Crippen molar-refractivity contribution in [2.45, 2.75) is 51.8 Å². The summed E-state index contributed by atoms with van der Waals surface area (Å²) in [6.45, 7) is 9.69. The molecule has 0 aliphatic heterocycles. The summed E-state index contributed by atoms with van der Waals surface area (Å²) in [7, 11) is -1.53. The van der Waals surface area contributed by atoms with Crippen molar-refractivity contribution in [3.63, 3.8) is 0 Å². The lowest BCUT2D eigenvalue weighted by Gasteiger charge is -2.45. The summed E-state index contributed by atoms with van der Waals surface area (Å²) < 4.78 is 11.8. The van der Waals surface area contributed by atoms with Gasteiger partial charge in [-0.05, 0) is 22.3 Å². The molecule has 5 nitrogen and oxygen atoms in total. The van der Waals surface area contributed by atoms with Crippen LogP contribution in [0.15, 0.2) is 60.7 Å². The van der Waals surface area contributed by atoms with Gasteiger partial charge >= 0.3 is 5.97 Å². The quantitative estimate of drug-likeness (QED) is 0.560. The lowest BCUT2D eigenvalue weighted by molar-refractivity contribution is -0.147. The first-order chi connectivity index (χ1) is 13.6. The van der Waals surface area contributed by atoms with Crippen LogP contribution in [0.2, 0.25) is 5.04 Å². The van der Waals surface area contributed by atoms with E-state index in [1.165, 1.54) is 14.0 Å². The number of ether oxygens (including phenoxy) is 1. The summed E-state index contributed by atoms with van der Waals surface area (Å²) >= 11 is 0. The molecule has 29 heavy (non-hydrogen) atoms. The fourth-order valence-corrected chi connectivity index (χ4v) is 8.46. The van der Waals surface area contributed by atoms with Gasteiger partial charge in [0.2, 0.25) is 5.91 Å². The molecule has 6 heteroatoms. The lowest BCUT2D eigenvalue weighted by Crippen LogP contribution is -2.69. The molecule has 156 valence electrons. The first-order valence-electron chi connectivity index (χ1n) is 9.77. The lowest BCUT2D eigenvalue weighted by atomic mass is 10.2. The molecule has 0 bridgehead atoms. The SMILES string of the molecule is COC(=O)[C@@H](NC(C)=O)[C@H](C)O[Si](c1ccccc1)(c1ccccc1)C(C)(C)C. The molecule has 0 spiro atoms. The number of esters is 1. The van der Waals surface area contributed by atoms with Gasteiger partial charge in [-0.25, -0.2) is 4.79 Å². The summed E-state index contributed by atoms with van der Waals surface area (Å²) in [5.41, 5.74) is 0. The maximum absolute atomic E-state index is 12.4. The van der Waals surface area contributed by atoms with Gasteiger partial charge in [-0.1, -0.05) is 81.4 Å². The minimum Gasteiger partial charge on any atom is -0.467 e. The van der Waals surface area contributed by atoms with Crippen LogP contribution in [0.25, 0.3) is 0 Å². The molecule has 2 aromatic carbocycles. The standard InChI is InChI=1S/C23H31NO4Si/c1-17(21(22(26)27-6)24-18(2)25)28-29(23(3,4)5,19-13-9-7-10-14-19)20-15-11-8-12-16-20/h7-17,21H,1-6H3,(H,24,25)/t17-,21-/m0/s1. The number of amides is 1. The van der Waals surface area contributed by atoms with Crippen molar-refractivity contribution in [2.24, 2.45) is 0 Å². The van der Waals surface area contributed by atoms with Gasteiger partial charge in [-0.3, -0.25) is 4.79 Å². The number of benzene rings is 2. The van der Waals surface area contributed by atoms with Crippen LogP contribution in [-0.2, 0) is 18.8 Å². The highest BCUT2D eigenvalue weighted by atomic mass is 28.4. The molecule has 0 fully saturated rings. The van der Waals surface area contributed by atoms with Gasteiger partial charge in [0.15, 0.2) is 6.04 Å². The van der Waals surface area contributed by atoms with Crippen LogP contribution < -0.4 is 15.7 Å². The molecule has 1 amide bonds. The largest absolute Gasteiger partial charge is 0.467 e. The van der Waals surface area contributed by atoms with Crippen LogP contribution >= 0.6 is 0 Å². The number of carbonyl (C=O) groups excluding carboxylic acids is 2. The van der Waals surface area contributed by atoms with E-state index in [9.17, 15) is 9.59 Å². The van der Waals surface area contributed by atoms with Crippen molar-refractivity contribution in [1.82, 2.24) is 5.32 Å². The number of carbonyl (C=O) groups is 2. The zero-order valence-corrected chi connectivity index (χ0v) is 19.1. The fourth-order valence-electron chi connectivity index (χ4n) is 3.75. The van der Waals surface area contributed by atoms with Gasteiger partial charge in [0.1, 0.15) is 0 Å². The van der Waals surface area contributed by atoms with Gasteiger partial charge in [0.05, 0.1) is 13.2 Å². The van der Waals surface area contributed by atoms with E-state index in [1.54, 1.807) is 0 Å². The van der Waals surface area contributed by atoms with Gasteiger partial charge in [0.25, 0.3) is 8.32 Å². The second-order valence-electron chi connectivity index (χ2n) is 8.19. The molecule has 0 radical (unpaired) electrons. The molecule has 0 saturated heterocycles. The van der Waals surface area contributed by atoms with E-state index in [0.717, 1.165) is 10.4 Å². The van der Waals surface area contributed by atoms with E-state index in [0.29, 0.717) is 0 Å².